The summed E-state index contributed by atoms with van der Waals surface area (Å²) in [7, 11) is 0. The van der Waals surface area contributed by atoms with Crippen LogP contribution in [0.15, 0.2) is 48.0 Å². The number of likely N-dealkylation sites (tertiary alicyclic amines) is 1. The SMILES string of the molecule is CCCN1C(=O)C(=O)/C(=C(\O)c2ccc(OCC)c(C(C)(C)C)c2)C1c1ccc(O)cc1. The molecule has 1 heterocycles. The van der Waals surface area contributed by atoms with Gasteiger partial charge in [0.15, 0.2) is 0 Å². The van der Waals surface area contributed by atoms with E-state index in [1.807, 2.05) is 40.7 Å². The molecular formula is C26H31NO5. The van der Waals surface area contributed by atoms with Crippen LogP contribution in [0.1, 0.15) is 63.8 Å². The van der Waals surface area contributed by atoms with Gasteiger partial charge in [0.25, 0.3) is 11.7 Å². The Balaban J connectivity index is 2.21. The lowest BCUT2D eigenvalue weighted by molar-refractivity contribution is -0.139. The molecule has 0 aromatic heterocycles. The fourth-order valence-electron chi connectivity index (χ4n) is 4.05. The maximum Gasteiger partial charge on any atom is 0.295 e. The second-order valence-corrected chi connectivity index (χ2v) is 8.98. The molecule has 2 aromatic carbocycles. The number of amides is 1. The number of phenols is 1. The second kappa shape index (κ2) is 9.07. The molecule has 1 fully saturated rings. The highest BCUT2D eigenvalue weighted by atomic mass is 16.5. The van der Waals surface area contributed by atoms with E-state index in [0.717, 1.165) is 11.3 Å². The molecule has 1 aliphatic rings. The Morgan fingerprint density at radius 1 is 1.06 bits per heavy atom. The number of ketones is 1. The van der Waals surface area contributed by atoms with E-state index in [2.05, 4.69) is 0 Å². The van der Waals surface area contributed by atoms with E-state index >= 15 is 0 Å². The van der Waals surface area contributed by atoms with Gasteiger partial charge in [-0.25, -0.2) is 0 Å². The number of ether oxygens (including phenoxy) is 1. The number of aromatic hydroxyl groups is 1. The summed E-state index contributed by atoms with van der Waals surface area (Å²) in [5.41, 5.74) is 1.80. The zero-order chi connectivity index (χ0) is 23.6. The van der Waals surface area contributed by atoms with E-state index < -0.39 is 17.7 Å². The van der Waals surface area contributed by atoms with Crippen LogP contribution in [0, 0.1) is 0 Å². The number of carbonyl (C=O) groups excluding carboxylic acids is 2. The van der Waals surface area contributed by atoms with Crippen LogP contribution in [0.25, 0.3) is 5.76 Å². The van der Waals surface area contributed by atoms with E-state index in [-0.39, 0.29) is 22.5 Å². The van der Waals surface area contributed by atoms with Gasteiger partial charge in [-0.2, -0.15) is 0 Å². The maximum absolute atomic E-state index is 13.0. The lowest BCUT2D eigenvalue weighted by atomic mass is 9.84. The molecule has 6 heteroatoms. The van der Waals surface area contributed by atoms with E-state index in [1.165, 1.54) is 17.0 Å². The first-order chi connectivity index (χ1) is 15.1. The summed E-state index contributed by atoms with van der Waals surface area (Å²) in [6, 6.07) is 10.9. The number of aliphatic hydroxyl groups is 1. The van der Waals surface area contributed by atoms with Gasteiger partial charge in [0.1, 0.15) is 17.3 Å². The van der Waals surface area contributed by atoms with Gasteiger partial charge < -0.3 is 19.8 Å². The molecule has 0 aliphatic carbocycles. The van der Waals surface area contributed by atoms with Crippen LogP contribution in [0.2, 0.25) is 0 Å². The van der Waals surface area contributed by atoms with E-state index in [9.17, 15) is 19.8 Å². The average Bonchev–Trinajstić information content (AvgIpc) is 2.99. The number of phenolic OH excluding ortho intramolecular Hbond substituents is 1. The summed E-state index contributed by atoms with van der Waals surface area (Å²) in [5.74, 6) is -0.747. The Labute approximate surface area is 189 Å². The number of hydrogen-bond donors (Lipinski definition) is 2. The molecule has 2 N–H and O–H groups in total. The third-order valence-electron chi connectivity index (χ3n) is 5.57. The number of carbonyl (C=O) groups is 2. The van der Waals surface area contributed by atoms with Gasteiger partial charge in [-0.15, -0.1) is 0 Å². The number of Topliss-reactive ketones (excluding diaryl/α,β-unsaturated/α-hetero) is 1. The lowest BCUT2D eigenvalue weighted by Gasteiger charge is -2.25. The van der Waals surface area contributed by atoms with Crippen molar-refractivity contribution >= 4 is 17.4 Å². The predicted octanol–water partition coefficient (Wildman–Crippen LogP) is 4.92. The van der Waals surface area contributed by atoms with Crippen molar-refractivity contribution in [1.29, 1.82) is 0 Å². The maximum atomic E-state index is 13.0. The number of nitrogens with zero attached hydrogens (tertiary/aromatic N) is 1. The van der Waals surface area contributed by atoms with Crippen LogP contribution < -0.4 is 4.74 Å². The van der Waals surface area contributed by atoms with Crippen LogP contribution in [-0.2, 0) is 15.0 Å². The molecule has 3 rings (SSSR count). The van der Waals surface area contributed by atoms with Gasteiger partial charge in [0.05, 0.1) is 18.2 Å². The highest BCUT2D eigenvalue weighted by Crippen LogP contribution is 2.41. The molecule has 2 aromatic rings. The zero-order valence-corrected chi connectivity index (χ0v) is 19.3. The Bertz CT molecular complexity index is 1050. The monoisotopic (exact) mass is 437 g/mol. The first-order valence-electron chi connectivity index (χ1n) is 10.9. The van der Waals surface area contributed by atoms with Crippen LogP contribution in [-0.4, -0.2) is 40.0 Å². The van der Waals surface area contributed by atoms with Crippen molar-refractivity contribution in [3.8, 4) is 11.5 Å². The summed E-state index contributed by atoms with van der Waals surface area (Å²) >= 11 is 0. The van der Waals surface area contributed by atoms with Crippen LogP contribution in [0.4, 0.5) is 0 Å². The van der Waals surface area contributed by atoms with Gasteiger partial charge in [-0.3, -0.25) is 9.59 Å². The molecule has 6 nitrogen and oxygen atoms in total. The predicted molar refractivity (Wildman–Crippen MR) is 124 cm³/mol. The largest absolute Gasteiger partial charge is 0.508 e. The van der Waals surface area contributed by atoms with Crippen molar-refractivity contribution in [3.63, 3.8) is 0 Å². The smallest absolute Gasteiger partial charge is 0.295 e. The normalized spacial score (nSPS) is 18.3. The molecule has 1 atom stereocenters. The van der Waals surface area contributed by atoms with Crippen molar-refractivity contribution in [2.75, 3.05) is 13.2 Å². The highest BCUT2D eigenvalue weighted by Gasteiger charge is 2.45. The Kier molecular flexibility index (Phi) is 6.63. The summed E-state index contributed by atoms with van der Waals surface area (Å²) in [5, 5.41) is 21.0. The van der Waals surface area contributed by atoms with Crippen molar-refractivity contribution in [3.05, 3.63) is 64.7 Å². The van der Waals surface area contributed by atoms with Crippen molar-refractivity contribution in [1.82, 2.24) is 4.90 Å². The van der Waals surface area contributed by atoms with Gasteiger partial charge in [-0.1, -0.05) is 39.8 Å². The van der Waals surface area contributed by atoms with Crippen LogP contribution in [0.3, 0.4) is 0 Å². The molecule has 1 saturated heterocycles. The summed E-state index contributed by atoms with van der Waals surface area (Å²) < 4.78 is 5.76. The number of rotatable bonds is 6. The van der Waals surface area contributed by atoms with Gasteiger partial charge in [0.2, 0.25) is 0 Å². The number of hydrogen-bond acceptors (Lipinski definition) is 5. The average molecular weight is 438 g/mol. The molecule has 32 heavy (non-hydrogen) atoms. The van der Waals surface area contributed by atoms with Gasteiger partial charge >= 0.3 is 0 Å². The van der Waals surface area contributed by atoms with Crippen LogP contribution in [0.5, 0.6) is 11.5 Å². The summed E-state index contributed by atoms with van der Waals surface area (Å²) in [6.45, 7) is 10.9. The fourth-order valence-corrected chi connectivity index (χ4v) is 4.05. The second-order valence-electron chi connectivity index (χ2n) is 8.98. The minimum Gasteiger partial charge on any atom is -0.508 e. The van der Waals surface area contributed by atoms with Crippen molar-refractivity contribution in [2.24, 2.45) is 0 Å². The minimum absolute atomic E-state index is 0.0539. The molecule has 170 valence electrons. The minimum atomic E-state index is -0.722. The molecule has 0 spiro atoms. The van der Waals surface area contributed by atoms with Crippen molar-refractivity contribution < 1.29 is 24.5 Å². The standard InChI is InChI=1S/C26H31NO5/c1-6-14-27-22(16-8-11-18(28)12-9-16)21(24(30)25(27)31)23(29)17-10-13-20(32-7-2)19(15-17)26(3,4)5/h8-13,15,22,28-29H,6-7,14H2,1-5H3/b23-21-. The highest BCUT2D eigenvalue weighted by molar-refractivity contribution is 6.46. The molecule has 1 amide bonds. The molecule has 0 bridgehead atoms. The quantitative estimate of drug-likeness (QED) is 0.381. The van der Waals surface area contributed by atoms with E-state index in [0.29, 0.717) is 30.7 Å². The first-order valence-corrected chi connectivity index (χ1v) is 10.9. The Hall–Kier alpha value is -3.28. The molecule has 1 aliphatic heterocycles. The van der Waals surface area contributed by atoms with Crippen molar-refractivity contribution in [2.45, 2.75) is 52.5 Å². The summed E-state index contributed by atoms with van der Waals surface area (Å²) in [4.78, 5) is 27.3. The summed E-state index contributed by atoms with van der Waals surface area (Å²) in [6.07, 6.45) is 0.666. The zero-order valence-electron chi connectivity index (χ0n) is 19.3. The number of aliphatic hydroxyl groups excluding tert-OH is 1. The first kappa shape index (κ1) is 23.4. The lowest BCUT2D eigenvalue weighted by Crippen LogP contribution is -2.30. The Morgan fingerprint density at radius 2 is 1.72 bits per heavy atom. The Morgan fingerprint density at radius 3 is 2.28 bits per heavy atom. The van der Waals surface area contributed by atoms with Crippen LogP contribution >= 0.6 is 0 Å². The van der Waals surface area contributed by atoms with Gasteiger partial charge in [-0.05, 0) is 54.7 Å². The molecular weight excluding hydrogens is 406 g/mol. The topological polar surface area (TPSA) is 87.1 Å². The molecule has 0 saturated carbocycles. The molecule has 0 radical (unpaired) electrons. The number of benzene rings is 2. The third-order valence-corrected chi connectivity index (χ3v) is 5.57. The van der Waals surface area contributed by atoms with E-state index in [1.54, 1.807) is 24.3 Å². The van der Waals surface area contributed by atoms with E-state index in [4.69, 9.17) is 4.74 Å². The van der Waals surface area contributed by atoms with Gasteiger partial charge in [0, 0.05) is 17.7 Å². The third kappa shape index (κ3) is 4.35. The molecule has 1 unspecified atom stereocenters. The fraction of sp³-hybridized carbons (Fsp3) is 0.385.